The molecular weight excluding hydrogens is 432 g/mol. The number of unbranched alkanes of at least 4 members (excludes halogenated alkanes) is 4. The normalized spacial score (nSPS) is 18.0. The molecule has 8 nitrogen and oxygen atoms in total. The lowest BCUT2D eigenvalue weighted by Gasteiger charge is -2.21. The number of nitrogens with zero attached hydrogens (tertiary/aromatic N) is 4. The summed E-state index contributed by atoms with van der Waals surface area (Å²) >= 11 is 6.47. The topological polar surface area (TPSA) is 92.3 Å². The zero-order valence-electron chi connectivity index (χ0n) is 18.1. The first-order valence-electron chi connectivity index (χ1n) is 10.9. The van der Waals surface area contributed by atoms with Gasteiger partial charge in [0.05, 0.1) is 12.9 Å². The van der Waals surface area contributed by atoms with Crippen LogP contribution in [0, 0.1) is 11.8 Å². The molecule has 0 N–H and O–H groups in total. The third kappa shape index (κ3) is 4.79. The maximum atomic E-state index is 11.6. The first-order valence-corrected chi connectivity index (χ1v) is 11.2. The molecule has 0 bridgehead atoms. The van der Waals surface area contributed by atoms with Crippen LogP contribution in [0.2, 0.25) is 5.15 Å². The van der Waals surface area contributed by atoms with Crippen LogP contribution >= 0.6 is 11.6 Å². The van der Waals surface area contributed by atoms with Gasteiger partial charge in [-0.05, 0) is 24.5 Å². The number of hydrogen-bond acceptors (Lipinski definition) is 7. The summed E-state index contributed by atoms with van der Waals surface area (Å²) in [6.07, 6.45) is 6.36. The predicted molar refractivity (Wildman–Crippen MR) is 119 cm³/mol. The predicted octanol–water partition coefficient (Wildman–Crippen LogP) is 4.91. The first-order chi connectivity index (χ1) is 15.6. The van der Waals surface area contributed by atoms with Crippen molar-refractivity contribution in [2.24, 2.45) is 0 Å². The van der Waals surface area contributed by atoms with Gasteiger partial charge in [0.15, 0.2) is 28.6 Å². The van der Waals surface area contributed by atoms with E-state index in [9.17, 15) is 4.79 Å². The van der Waals surface area contributed by atoms with Crippen LogP contribution in [0.15, 0.2) is 22.8 Å². The van der Waals surface area contributed by atoms with Gasteiger partial charge in [0, 0.05) is 19.8 Å². The molecule has 2 unspecified atom stereocenters. The minimum absolute atomic E-state index is 0.193. The number of fused-ring (bicyclic) bond motifs is 1. The fourth-order valence-corrected chi connectivity index (χ4v) is 3.93. The van der Waals surface area contributed by atoms with Crippen molar-refractivity contribution in [3.8, 4) is 23.4 Å². The minimum Gasteiger partial charge on any atom is -0.461 e. The van der Waals surface area contributed by atoms with Crippen molar-refractivity contribution in [3.05, 3.63) is 29.4 Å². The number of esters is 1. The van der Waals surface area contributed by atoms with Gasteiger partial charge in [-0.1, -0.05) is 43.7 Å². The summed E-state index contributed by atoms with van der Waals surface area (Å²) in [4.78, 5) is 25.2. The lowest BCUT2D eigenvalue weighted by Crippen LogP contribution is -2.25. The molecule has 168 valence electrons. The van der Waals surface area contributed by atoms with Gasteiger partial charge in [-0.3, -0.25) is 9.36 Å². The van der Waals surface area contributed by atoms with Crippen molar-refractivity contribution in [2.75, 3.05) is 6.61 Å². The number of rotatable bonds is 7. The number of imidazole rings is 1. The summed E-state index contributed by atoms with van der Waals surface area (Å²) in [5.41, 5.74) is 0.861. The van der Waals surface area contributed by atoms with E-state index in [-0.39, 0.29) is 11.1 Å². The van der Waals surface area contributed by atoms with E-state index in [1.54, 1.807) is 23.0 Å². The molecule has 4 rings (SSSR count). The summed E-state index contributed by atoms with van der Waals surface area (Å²) in [6.45, 7) is 3.99. The molecule has 0 saturated carbocycles. The highest BCUT2D eigenvalue weighted by atomic mass is 35.5. The van der Waals surface area contributed by atoms with Gasteiger partial charge in [0.25, 0.3) is 0 Å². The molecule has 1 saturated heterocycles. The zero-order chi connectivity index (χ0) is 22.5. The quantitative estimate of drug-likeness (QED) is 0.216. The monoisotopic (exact) mass is 456 g/mol. The van der Waals surface area contributed by atoms with E-state index in [0.29, 0.717) is 41.6 Å². The average molecular weight is 457 g/mol. The molecule has 32 heavy (non-hydrogen) atoms. The molecule has 1 fully saturated rings. The molecule has 9 heteroatoms. The largest absolute Gasteiger partial charge is 0.461 e. The standard InChI is InChI=1S/C23H25ClN4O4/c1-3-4-5-6-7-8-11-18-25-20(24)19-22(26-18)28(21(27-19)16-10-9-13-30-16)23-17(12-14-31-23)32-15(2)29/h9-10,13,17,23H,3-7,12,14H2,1-2H3. The van der Waals surface area contributed by atoms with Gasteiger partial charge >= 0.3 is 5.97 Å². The zero-order valence-corrected chi connectivity index (χ0v) is 18.9. The third-order valence-electron chi connectivity index (χ3n) is 5.18. The maximum absolute atomic E-state index is 11.6. The molecule has 0 aromatic carbocycles. The number of carbonyl (C=O) groups excluding carboxylic acids is 1. The summed E-state index contributed by atoms with van der Waals surface area (Å²) < 4.78 is 18.8. The Kier molecular flexibility index (Phi) is 7.08. The smallest absolute Gasteiger partial charge is 0.303 e. The molecule has 2 atom stereocenters. The van der Waals surface area contributed by atoms with Crippen LogP contribution in [0.1, 0.15) is 64.4 Å². The molecule has 4 heterocycles. The Bertz CT molecular complexity index is 1150. The summed E-state index contributed by atoms with van der Waals surface area (Å²) in [6, 6.07) is 3.55. The second kappa shape index (κ2) is 10.2. The van der Waals surface area contributed by atoms with Crippen LogP contribution in [0.25, 0.3) is 22.7 Å². The Morgan fingerprint density at radius 1 is 1.31 bits per heavy atom. The van der Waals surface area contributed by atoms with E-state index in [1.165, 1.54) is 19.8 Å². The summed E-state index contributed by atoms with van der Waals surface area (Å²) in [7, 11) is 0. The van der Waals surface area contributed by atoms with Gasteiger partial charge in [-0.2, -0.15) is 0 Å². The average Bonchev–Trinajstić information content (AvgIpc) is 3.49. The Balaban J connectivity index is 1.75. The van der Waals surface area contributed by atoms with Gasteiger partial charge < -0.3 is 13.9 Å². The van der Waals surface area contributed by atoms with Crippen LogP contribution in [0.5, 0.6) is 0 Å². The van der Waals surface area contributed by atoms with Gasteiger partial charge in [-0.15, -0.1) is 0 Å². The maximum Gasteiger partial charge on any atom is 0.303 e. The van der Waals surface area contributed by atoms with E-state index >= 15 is 0 Å². The SMILES string of the molecule is CCCCCCC#Cc1nc(Cl)c2nc(-c3ccco3)n(C3OCCC3OC(C)=O)c2n1. The Morgan fingerprint density at radius 3 is 2.94 bits per heavy atom. The van der Waals surface area contributed by atoms with E-state index in [4.69, 9.17) is 25.5 Å². The van der Waals surface area contributed by atoms with Crippen LogP contribution < -0.4 is 0 Å². The number of hydrogen-bond donors (Lipinski definition) is 0. The molecule has 0 spiro atoms. The van der Waals surface area contributed by atoms with Crippen LogP contribution in [-0.4, -0.2) is 38.2 Å². The third-order valence-corrected chi connectivity index (χ3v) is 5.44. The van der Waals surface area contributed by atoms with E-state index in [1.807, 2.05) is 0 Å². The van der Waals surface area contributed by atoms with E-state index in [0.717, 1.165) is 19.3 Å². The second-order valence-electron chi connectivity index (χ2n) is 7.60. The second-order valence-corrected chi connectivity index (χ2v) is 7.96. The number of carbonyl (C=O) groups is 1. The first kappa shape index (κ1) is 22.3. The van der Waals surface area contributed by atoms with Gasteiger partial charge in [-0.25, -0.2) is 15.0 Å². The molecule has 1 aliphatic heterocycles. The van der Waals surface area contributed by atoms with Gasteiger partial charge in [0.1, 0.15) is 11.6 Å². The minimum atomic E-state index is -0.621. The number of aromatic nitrogens is 4. The highest BCUT2D eigenvalue weighted by Crippen LogP contribution is 2.36. The van der Waals surface area contributed by atoms with E-state index in [2.05, 4.69) is 33.7 Å². The molecule has 3 aromatic heterocycles. The van der Waals surface area contributed by atoms with E-state index < -0.39 is 12.3 Å². The highest BCUT2D eigenvalue weighted by molar-refractivity contribution is 6.33. The number of furan rings is 1. The summed E-state index contributed by atoms with van der Waals surface area (Å²) in [5, 5.41) is 0.193. The summed E-state index contributed by atoms with van der Waals surface area (Å²) in [5.74, 6) is 7.06. The van der Waals surface area contributed by atoms with Crippen LogP contribution in [0.3, 0.4) is 0 Å². The lowest BCUT2D eigenvalue weighted by atomic mass is 10.2. The van der Waals surface area contributed by atoms with Crippen molar-refractivity contribution in [1.29, 1.82) is 0 Å². The molecule has 0 radical (unpaired) electrons. The molecule has 0 amide bonds. The van der Waals surface area contributed by atoms with Gasteiger partial charge in [0.2, 0.25) is 5.82 Å². The fraction of sp³-hybridized carbons (Fsp3) is 0.478. The van der Waals surface area contributed by atoms with Crippen molar-refractivity contribution in [2.45, 2.75) is 64.7 Å². The molecule has 1 aliphatic rings. The molecule has 0 aliphatic carbocycles. The lowest BCUT2D eigenvalue weighted by molar-refractivity contribution is -0.151. The number of ether oxygens (including phenoxy) is 2. The van der Waals surface area contributed by atoms with Crippen molar-refractivity contribution in [3.63, 3.8) is 0 Å². The van der Waals surface area contributed by atoms with Crippen molar-refractivity contribution < 1.29 is 18.7 Å². The highest BCUT2D eigenvalue weighted by Gasteiger charge is 2.36. The number of halogens is 1. The Hall–Kier alpha value is -2.89. The van der Waals surface area contributed by atoms with Crippen molar-refractivity contribution >= 4 is 28.7 Å². The Labute approximate surface area is 191 Å². The molecular formula is C23H25ClN4O4. The van der Waals surface area contributed by atoms with Crippen LogP contribution in [0.4, 0.5) is 0 Å². The van der Waals surface area contributed by atoms with Crippen molar-refractivity contribution in [1.82, 2.24) is 19.5 Å². The Morgan fingerprint density at radius 2 is 2.19 bits per heavy atom. The fourth-order valence-electron chi connectivity index (χ4n) is 3.72. The van der Waals surface area contributed by atoms with Crippen LogP contribution in [-0.2, 0) is 14.3 Å². The molecule has 3 aromatic rings.